The van der Waals surface area contributed by atoms with Crippen LogP contribution in [0.25, 0.3) is 0 Å². The number of ether oxygens (including phenoxy) is 1. The van der Waals surface area contributed by atoms with E-state index < -0.39 is 40.2 Å². The van der Waals surface area contributed by atoms with Crippen molar-refractivity contribution >= 4 is 64.0 Å². The van der Waals surface area contributed by atoms with Crippen LogP contribution < -0.4 is 15.0 Å². The number of nitrogens with one attached hydrogen (secondary N) is 1. The van der Waals surface area contributed by atoms with E-state index in [0.717, 1.165) is 12.1 Å². The molecule has 0 spiro atoms. The highest BCUT2D eigenvalue weighted by Gasteiger charge is 2.41. The molecule has 0 fully saturated rings. The number of carbonyl (C=O) groups excluding carboxylic acids is 3. The standard InChI is InChI=1S/C24H12Cl3F3N2O4/c25-14-4-8-16(9-5-14)36-23(35)12-1-6-15(7-2-12)31-20-19(27)21(33)32(22(20)34)18-11-13(24(28,29)30)3-10-17(18)26/h1-11,31H. The normalized spacial score (nSPS) is 13.9. The monoisotopic (exact) mass is 554 g/mol. The number of benzene rings is 3. The van der Waals surface area contributed by atoms with Crippen LogP contribution in [0.4, 0.5) is 24.5 Å². The van der Waals surface area contributed by atoms with E-state index in [1.807, 2.05) is 0 Å². The topological polar surface area (TPSA) is 75.7 Å². The molecule has 1 aliphatic heterocycles. The Morgan fingerprint density at radius 2 is 1.50 bits per heavy atom. The second-order valence-corrected chi connectivity index (χ2v) is 8.57. The highest BCUT2D eigenvalue weighted by molar-refractivity contribution is 6.53. The Kier molecular flexibility index (Phi) is 6.99. The number of imide groups is 1. The first-order valence-electron chi connectivity index (χ1n) is 9.96. The predicted molar refractivity (Wildman–Crippen MR) is 128 cm³/mol. The number of carbonyl (C=O) groups is 3. The summed E-state index contributed by atoms with van der Waals surface area (Å²) in [5, 5.41) is 2.35. The van der Waals surface area contributed by atoms with Gasteiger partial charge in [-0.1, -0.05) is 34.8 Å². The van der Waals surface area contributed by atoms with E-state index in [9.17, 15) is 27.6 Å². The molecule has 4 rings (SSSR count). The largest absolute Gasteiger partial charge is 0.423 e. The Morgan fingerprint density at radius 3 is 2.11 bits per heavy atom. The van der Waals surface area contributed by atoms with Crippen LogP contribution in [-0.2, 0) is 15.8 Å². The fourth-order valence-corrected chi connectivity index (χ4v) is 3.73. The number of hydrogen-bond donors (Lipinski definition) is 1. The third kappa shape index (κ3) is 5.18. The van der Waals surface area contributed by atoms with Crippen LogP contribution in [0.2, 0.25) is 10.0 Å². The van der Waals surface area contributed by atoms with Crippen molar-refractivity contribution in [2.45, 2.75) is 6.18 Å². The maximum atomic E-state index is 13.1. The van der Waals surface area contributed by atoms with Crippen molar-refractivity contribution < 1.29 is 32.3 Å². The summed E-state index contributed by atoms with van der Waals surface area (Å²) >= 11 is 17.8. The molecule has 36 heavy (non-hydrogen) atoms. The zero-order valence-corrected chi connectivity index (χ0v) is 20.0. The number of rotatable bonds is 5. The van der Waals surface area contributed by atoms with Gasteiger partial charge in [-0.3, -0.25) is 9.59 Å². The van der Waals surface area contributed by atoms with Gasteiger partial charge in [-0.2, -0.15) is 13.2 Å². The van der Waals surface area contributed by atoms with Crippen molar-refractivity contribution in [1.29, 1.82) is 0 Å². The molecule has 6 nitrogen and oxygen atoms in total. The van der Waals surface area contributed by atoms with Gasteiger partial charge in [0.2, 0.25) is 0 Å². The third-order valence-electron chi connectivity index (χ3n) is 4.96. The van der Waals surface area contributed by atoms with E-state index in [0.29, 0.717) is 16.0 Å². The summed E-state index contributed by atoms with van der Waals surface area (Å²) in [6, 6.07) is 14.1. The molecule has 12 heteroatoms. The van der Waals surface area contributed by atoms with Gasteiger partial charge in [0.05, 0.1) is 21.8 Å². The first kappa shape index (κ1) is 25.6. The number of alkyl halides is 3. The minimum atomic E-state index is -4.72. The van der Waals surface area contributed by atoms with Gasteiger partial charge in [0.1, 0.15) is 16.5 Å². The van der Waals surface area contributed by atoms with Crippen LogP contribution in [0, 0.1) is 0 Å². The second kappa shape index (κ2) is 9.85. The number of hydrogen-bond acceptors (Lipinski definition) is 5. The molecule has 0 unspecified atom stereocenters. The lowest BCUT2D eigenvalue weighted by Crippen LogP contribution is -2.32. The zero-order chi connectivity index (χ0) is 26.2. The Labute approximate surface area is 216 Å². The molecular weight excluding hydrogens is 544 g/mol. The van der Waals surface area contributed by atoms with Crippen LogP contribution in [-0.4, -0.2) is 17.8 Å². The molecule has 0 aliphatic carbocycles. The van der Waals surface area contributed by atoms with Crippen molar-refractivity contribution in [3.8, 4) is 5.75 Å². The van der Waals surface area contributed by atoms with E-state index in [1.54, 1.807) is 12.1 Å². The second-order valence-electron chi connectivity index (χ2n) is 7.34. The maximum absolute atomic E-state index is 13.1. The number of anilines is 2. The number of nitrogens with zero attached hydrogens (tertiary/aromatic N) is 1. The highest BCUT2D eigenvalue weighted by atomic mass is 35.5. The average Bonchev–Trinajstić information content (AvgIpc) is 3.03. The molecule has 1 aliphatic rings. The molecule has 184 valence electrons. The molecule has 0 aromatic heterocycles. The van der Waals surface area contributed by atoms with Crippen LogP contribution in [0.15, 0.2) is 77.5 Å². The average molecular weight is 556 g/mol. The van der Waals surface area contributed by atoms with Crippen LogP contribution in [0.1, 0.15) is 15.9 Å². The molecule has 0 radical (unpaired) electrons. The quantitative estimate of drug-likeness (QED) is 0.216. The van der Waals surface area contributed by atoms with Crippen molar-refractivity contribution in [1.82, 2.24) is 0 Å². The van der Waals surface area contributed by atoms with E-state index in [2.05, 4.69) is 5.32 Å². The van der Waals surface area contributed by atoms with Crippen molar-refractivity contribution in [3.63, 3.8) is 0 Å². The molecule has 3 aromatic carbocycles. The summed E-state index contributed by atoms with van der Waals surface area (Å²) < 4.78 is 44.6. The van der Waals surface area contributed by atoms with Gasteiger partial charge < -0.3 is 10.1 Å². The Bertz CT molecular complexity index is 1410. The van der Waals surface area contributed by atoms with Crippen LogP contribution in [0.3, 0.4) is 0 Å². The summed E-state index contributed by atoms with van der Waals surface area (Å²) in [6.07, 6.45) is -4.72. The van der Waals surface area contributed by atoms with Gasteiger partial charge in [-0.25, -0.2) is 9.69 Å². The van der Waals surface area contributed by atoms with Crippen molar-refractivity contribution in [2.24, 2.45) is 0 Å². The number of esters is 1. The lowest BCUT2D eigenvalue weighted by Gasteiger charge is -2.18. The Balaban J connectivity index is 1.52. The summed E-state index contributed by atoms with van der Waals surface area (Å²) in [4.78, 5) is 38.3. The van der Waals surface area contributed by atoms with Gasteiger partial charge >= 0.3 is 12.1 Å². The zero-order valence-electron chi connectivity index (χ0n) is 17.7. The van der Waals surface area contributed by atoms with E-state index in [4.69, 9.17) is 39.5 Å². The Hall–Kier alpha value is -3.53. The van der Waals surface area contributed by atoms with Crippen molar-refractivity contribution in [2.75, 3.05) is 10.2 Å². The summed E-state index contributed by atoms with van der Waals surface area (Å²) in [7, 11) is 0. The fraction of sp³-hybridized carbons (Fsp3) is 0.0417. The third-order valence-corrected chi connectivity index (χ3v) is 5.88. The maximum Gasteiger partial charge on any atom is 0.416 e. The smallest absolute Gasteiger partial charge is 0.416 e. The molecule has 2 amide bonds. The summed E-state index contributed by atoms with van der Waals surface area (Å²) in [5.41, 5.74) is -1.48. The van der Waals surface area contributed by atoms with E-state index in [-0.39, 0.29) is 27.7 Å². The lowest BCUT2D eigenvalue weighted by molar-refractivity contribution is -0.137. The minimum Gasteiger partial charge on any atom is -0.423 e. The molecule has 0 bridgehead atoms. The minimum absolute atomic E-state index is 0.182. The highest BCUT2D eigenvalue weighted by Crippen LogP contribution is 2.38. The van der Waals surface area contributed by atoms with Gasteiger partial charge in [-0.15, -0.1) is 0 Å². The van der Waals surface area contributed by atoms with Gasteiger partial charge in [-0.05, 0) is 66.7 Å². The van der Waals surface area contributed by atoms with E-state index >= 15 is 0 Å². The number of halogens is 6. The predicted octanol–water partition coefficient (Wildman–Crippen LogP) is 6.67. The molecule has 0 atom stereocenters. The molecule has 1 heterocycles. The molecule has 3 aromatic rings. The number of amides is 2. The van der Waals surface area contributed by atoms with Crippen LogP contribution in [0.5, 0.6) is 5.75 Å². The lowest BCUT2D eigenvalue weighted by atomic mass is 10.1. The van der Waals surface area contributed by atoms with Gasteiger partial charge in [0, 0.05) is 10.7 Å². The van der Waals surface area contributed by atoms with Crippen molar-refractivity contribution in [3.05, 3.63) is 98.6 Å². The first-order chi connectivity index (χ1) is 17.0. The molecule has 0 saturated heterocycles. The molecular formula is C24H12Cl3F3N2O4. The van der Waals surface area contributed by atoms with Gasteiger partial charge in [0.25, 0.3) is 11.8 Å². The van der Waals surface area contributed by atoms with E-state index in [1.165, 1.54) is 36.4 Å². The summed E-state index contributed by atoms with van der Waals surface area (Å²) in [5.74, 6) is -2.42. The molecule has 1 N–H and O–H groups in total. The first-order valence-corrected chi connectivity index (χ1v) is 11.1. The fourth-order valence-electron chi connectivity index (χ4n) is 3.19. The SMILES string of the molecule is O=C(Oc1ccc(Cl)cc1)c1ccc(NC2=C(Cl)C(=O)N(c3cc(C(F)(F)F)ccc3Cl)C2=O)cc1. The van der Waals surface area contributed by atoms with Crippen LogP contribution >= 0.6 is 34.8 Å². The van der Waals surface area contributed by atoms with Gasteiger partial charge in [0.15, 0.2) is 0 Å². The molecule has 0 saturated carbocycles. The summed E-state index contributed by atoms with van der Waals surface area (Å²) in [6.45, 7) is 0. The Morgan fingerprint density at radius 1 is 0.861 bits per heavy atom.